The van der Waals surface area contributed by atoms with Crippen molar-refractivity contribution in [3.05, 3.63) is 164 Å². The Balaban J connectivity index is 1.18. The van der Waals surface area contributed by atoms with Crippen LogP contribution >= 0.6 is 0 Å². The number of nitrogens with zero attached hydrogens (tertiary/aromatic N) is 5. The van der Waals surface area contributed by atoms with Gasteiger partial charge in [0.15, 0.2) is 0 Å². The summed E-state index contributed by atoms with van der Waals surface area (Å²) in [6, 6.07) is 50.3. The first-order valence-corrected chi connectivity index (χ1v) is 17.9. The third-order valence-corrected chi connectivity index (χ3v) is 10.2. The summed E-state index contributed by atoms with van der Waals surface area (Å²) in [6.45, 7) is 6.70. The Hall–Kier alpha value is -6.79. The highest BCUT2D eigenvalue weighted by molar-refractivity contribution is 6.12. The molecule has 53 heavy (non-hydrogen) atoms. The van der Waals surface area contributed by atoms with E-state index in [0.717, 1.165) is 83.7 Å². The van der Waals surface area contributed by atoms with Crippen LogP contribution in [0.1, 0.15) is 26.3 Å². The highest BCUT2D eigenvalue weighted by Crippen LogP contribution is 2.41. The van der Waals surface area contributed by atoms with E-state index in [-0.39, 0.29) is 5.41 Å². The van der Waals surface area contributed by atoms with Gasteiger partial charge in [0.1, 0.15) is 23.0 Å². The minimum atomic E-state index is -0.0988. The summed E-state index contributed by atoms with van der Waals surface area (Å²) >= 11 is 0. The maximum absolute atomic E-state index is 6.76. The number of fused-ring (bicyclic) bond motifs is 9. The molecule has 6 nitrogen and oxygen atoms in total. The maximum atomic E-state index is 6.76. The molecule has 254 valence electrons. The molecule has 0 N–H and O–H groups in total. The fourth-order valence-corrected chi connectivity index (χ4v) is 7.80. The Morgan fingerprint density at radius 1 is 0.528 bits per heavy atom. The molecule has 5 aromatic heterocycles. The van der Waals surface area contributed by atoms with E-state index in [9.17, 15) is 0 Å². The van der Waals surface area contributed by atoms with Gasteiger partial charge in [-0.15, -0.1) is 0 Å². The van der Waals surface area contributed by atoms with Crippen molar-refractivity contribution >= 4 is 49.3 Å². The number of rotatable bonds is 5. The van der Waals surface area contributed by atoms with Gasteiger partial charge in [0.05, 0.1) is 33.5 Å². The summed E-state index contributed by atoms with van der Waals surface area (Å²) in [6.07, 6.45) is 3.73. The molecule has 5 heterocycles. The average molecular weight is 686 g/mol. The number of para-hydroxylation sites is 1. The summed E-state index contributed by atoms with van der Waals surface area (Å²) in [5.74, 6) is 2.39. The van der Waals surface area contributed by atoms with Crippen molar-refractivity contribution in [2.75, 3.05) is 0 Å². The van der Waals surface area contributed by atoms with Crippen LogP contribution in [-0.2, 0) is 5.41 Å². The van der Waals surface area contributed by atoms with Crippen LogP contribution in [0.2, 0.25) is 0 Å². The van der Waals surface area contributed by atoms with Crippen LogP contribution in [0, 0.1) is 0 Å². The summed E-state index contributed by atoms with van der Waals surface area (Å²) < 4.78 is 11.3. The standard InChI is InChI=1S/C47H35N5O/c1-47(2,3)38-19-12-27-49-46(38)51-39-20-11-10-18-34(39)35-24-22-33(29-41(35)51)53-32-23-25-36-37(28-32)45-50-42(30-14-6-4-7-15-30)44(31-16-8-5-9-17-31)52(45)40-21-13-26-48-43(36)40/h4-29H,1-3H3. The van der Waals surface area contributed by atoms with E-state index in [0.29, 0.717) is 0 Å². The second-order valence-corrected chi connectivity index (χ2v) is 14.5. The van der Waals surface area contributed by atoms with Crippen molar-refractivity contribution in [3.8, 4) is 39.8 Å². The Bertz CT molecular complexity index is 3010. The van der Waals surface area contributed by atoms with Crippen molar-refractivity contribution in [1.82, 2.24) is 23.9 Å². The van der Waals surface area contributed by atoms with Crippen LogP contribution in [0.3, 0.4) is 0 Å². The molecule has 0 bridgehead atoms. The lowest BCUT2D eigenvalue weighted by Gasteiger charge is -2.23. The molecule has 0 saturated heterocycles. The van der Waals surface area contributed by atoms with Crippen molar-refractivity contribution < 1.29 is 4.74 Å². The zero-order valence-electron chi connectivity index (χ0n) is 29.7. The van der Waals surface area contributed by atoms with Gasteiger partial charge in [0.25, 0.3) is 0 Å². The predicted octanol–water partition coefficient (Wildman–Crippen LogP) is 12.0. The van der Waals surface area contributed by atoms with Gasteiger partial charge in [-0.2, -0.15) is 0 Å². The molecule has 0 saturated carbocycles. The fraction of sp³-hybridized carbons (Fsp3) is 0.0851. The minimum Gasteiger partial charge on any atom is -0.457 e. The molecular formula is C47H35N5O. The Morgan fingerprint density at radius 3 is 1.96 bits per heavy atom. The van der Waals surface area contributed by atoms with Gasteiger partial charge in [-0.05, 0) is 60.0 Å². The molecule has 0 fully saturated rings. The summed E-state index contributed by atoms with van der Waals surface area (Å²) in [7, 11) is 0. The van der Waals surface area contributed by atoms with Crippen molar-refractivity contribution in [3.63, 3.8) is 0 Å². The molecular weight excluding hydrogens is 651 g/mol. The Labute approximate surface area is 306 Å². The number of hydrogen-bond acceptors (Lipinski definition) is 4. The van der Waals surface area contributed by atoms with Crippen molar-refractivity contribution in [1.29, 1.82) is 0 Å². The van der Waals surface area contributed by atoms with E-state index in [1.54, 1.807) is 0 Å². The monoisotopic (exact) mass is 685 g/mol. The number of ether oxygens (including phenoxy) is 1. The lowest BCUT2D eigenvalue weighted by atomic mass is 9.87. The number of aromatic nitrogens is 5. The highest BCUT2D eigenvalue weighted by Gasteiger charge is 2.24. The van der Waals surface area contributed by atoms with Gasteiger partial charge in [-0.25, -0.2) is 9.97 Å². The van der Waals surface area contributed by atoms with Gasteiger partial charge in [-0.1, -0.05) is 106 Å². The van der Waals surface area contributed by atoms with Crippen LogP contribution in [0.25, 0.3) is 77.6 Å². The first-order chi connectivity index (χ1) is 25.9. The van der Waals surface area contributed by atoms with Crippen molar-refractivity contribution in [2.24, 2.45) is 0 Å². The molecule has 0 amide bonds. The second kappa shape index (κ2) is 11.9. The first kappa shape index (κ1) is 31.0. The number of hydrogen-bond donors (Lipinski definition) is 0. The predicted molar refractivity (Wildman–Crippen MR) is 216 cm³/mol. The molecule has 0 aliphatic carbocycles. The average Bonchev–Trinajstić information content (AvgIpc) is 3.75. The van der Waals surface area contributed by atoms with Crippen LogP contribution in [0.4, 0.5) is 0 Å². The van der Waals surface area contributed by atoms with E-state index in [1.165, 1.54) is 10.9 Å². The van der Waals surface area contributed by atoms with Crippen LogP contribution < -0.4 is 4.74 Å². The van der Waals surface area contributed by atoms with E-state index < -0.39 is 0 Å². The molecule has 10 aromatic rings. The molecule has 0 aliphatic heterocycles. The van der Waals surface area contributed by atoms with Crippen LogP contribution in [0.15, 0.2) is 158 Å². The normalized spacial score (nSPS) is 12.1. The van der Waals surface area contributed by atoms with Gasteiger partial charge in [-0.3, -0.25) is 14.0 Å². The molecule has 0 radical (unpaired) electrons. The van der Waals surface area contributed by atoms with E-state index in [1.807, 2.05) is 42.7 Å². The van der Waals surface area contributed by atoms with E-state index in [4.69, 9.17) is 19.7 Å². The minimum absolute atomic E-state index is 0.0988. The Morgan fingerprint density at radius 2 is 1.17 bits per heavy atom. The molecule has 0 spiro atoms. The molecule has 0 unspecified atom stereocenters. The molecule has 10 rings (SSSR count). The Kier molecular flexibility index (Phi) is 6.95. The number of benzene rings is 5. The topological polar surface area (TPSA) is 57.2 Å². The third-order valence-electron chi connectivity index (χ3n) is 10.2. The van der Waals surface area contributed by atoms with E-state index >= 15 is 0 Å². The lowest BCUT2D eigenvalue weighted by molar-refractivity contribution is 0.484. The van der Waals surface area contributed by atoms with Gasteiger partial charge in [0.2, 0.25) is 0 Å². The molecule has 6 heteroatoms. The maximum Gasteiger partial charge on any atom is 0.146 e. The van der Waals surface area contributed by atoms with Gasteiger partial charge >= 0.3 is 0 Å². The largest absolute Gasteiger partial charge is 0.457 e. The zero-order valence-corrected chi connectivity index (χ0v) is 29.7. The van der Waals surface area contributed by atoms with Crippen LogP contribution in [0.5, 0.6) is 11.5 Å². The zero-order chi connectivity index (χ0) is 35.7. The summed E-state index contributed by atoms with van der Waals surface area (Å²) in [4.78, 5) is 15.3. The fourth-order valence-electron chi connectivity index (χ4n) is 7.80. The lowest BCUT2D eigenvalue weighted by Crippen LogP contribution is -2.16. The molecule has 5 aromatic carbocycles. The SMILES string of the molecule is CC(C)(C)c1cccnc1-n1c2ccccc2c2ccc(Oc3ccc4c(c3)c3nc(-c5ccccc5)c(-c5ccccc5)n3c3cccnc43)cc21. The first-order valence-electron chi connectivity index (χ1n) is 17.9. The third kappa shape index (κ3) is 4.98. The molecule has 0 aliphatic rings. The number of imidazole rings is 1. The van der Waals surface area contributed by atoms with Crippen LogP contribution in [-0.4, -0.2) is 23.9 Å². The smallest absolute Gasteiger partial charge is 0.146 e. The summed E-state index contributed by atoms with van der Waals surface area (Å²) in [5, 5.41) is 4.31. The quantitative estimate of drug-likeness (QED) is 0.169. The second-order valence-electron chi connectivity index (χ2n) is 14.5. The van der Waals surface area contributed by atoms with Gasteiger partial charge < -0.3 is 4.74 Å². The van der Waals surface area contributed by atoms with Crippen molar-refractivity contribution in [2.45, 2.75) is 26.2 Å². The highest BCUT2D eigenvalue weighted by atomic mass is 16.5. The molecule has 0 atom stereocenters. The summed E-state index contributed by atoms with van der Waals surface area (Å²) in [5.41, 5.74) is 10.1. The number of pyridine rings is 3. The van der Waals surface area contributed by atoms with E-state index in [2.05, 4.69) is 145 Å². The van der Waals surface area contributed by atoms with Gasteiger partial charge in [0, 0.05) is 56.7 Å².